The molecule has 0 fully saturated rings. The molecular weight excluding hydrogens is 152 g/mol. The van der Waals surface area contributed by atoms with Crippen LogP contribution in [0.15, 0.2) is 24.3 Å². The van der Waals surface area contributed by atoms with Gasteiger partial charge >= 0.3 is 0 Å². The third-order valence-electron chi connectivity index (χ3n) is 1.93. The second-order valence-electron chi connectivity index (χ2n) is 2.74. The van der Waals surface area contributed by atoms with E-state index in [0.29, 0.717) is 0 Å². The summed E-state index contributed by atoms with van der Waals surface area (Å²) in [5.74, 6) is 0.199. The van der Waals surface area contributed by atoms with Gasteiger partial charge in [-0.1, -0.05) is 19.1 Å². The fourth-order valence-electron chi connectivity index (χ4n) is 1.13. The summed E-state index contributed by atoms with van der Waals surface area (Å²) in [6, 6.07) is 6.75. The van der Waals surface area contributed by atoms with Gasteiger partial charge in [-0.25, -0.2) is 0 Å². The van der Waals surface area contributed by atoms with Gasteiger partial charge in [-0.15, -0.1) is 0 Å². The molecule has 1 atom stereocenters. The molecule has 0 aliphatic heterocycles. The molecule has 0 aromatic heterocycles. The predicted octanol–water partition coefficient (Wildman–Crippen LogP) is 2.08. The Bertz CT molecular complexity index is 251. The summed E-state index contributed by atoms with van der Waals surface area (Å²) < 4.78 is 0. The summed E-state index contributed by atoms with van der Waals surface area (Å²) in [4.78, 5) is 10.6. The van der Waals surface area contributed by atoms with Crippen molar-refractivity contribution in [1.82, 2.24) is 0 Å². The minimum absolute atomic E-state index is 0.0365. The standard InChI is InChI=1S/C10H12O2/c1-2-8(7-11)9-3-5-10(12)6-4-9/h3-8,12H,2H2,1H3. The van der Waals surface area contributed by atoms with E-state index in [4.69, 9.17) is 5.11 Å². The Hall–Kier alpha value is -1.31. The SMILES string of the molecule is CCC(C=O)c1ccc(O)cc1. The van der Waals surface area contributed by atoms with Gasteiger partial charge in [0.15, 0.2) is 0 Å². The molecule has 0 heterocycles. The monoisotopic (exact) mass is 164 g/mol. The van der Waals surface area contributed by atoms with Crippen molar-refractivity contribution < 1.29 is 9.90 Å². The van der Waals surface area contributed by atoms with Crippen LogP contribution in [-0.2, 0) is 4.79 Å². The van der Waals surface area contributed by atoms with Crippen LogP contribution in [-0.4, -0.2) is 11.4 Å². The van der Waals surface area contributed by atoms with E-state index in [9.17, 15) is 4.79 Å². The summed E-state index contributed by atoms with van der Waals surface area (Å²) in [6.45, 7) is 1.96. The predicted molar refractivity (Wildman–Crippen MR) is 47.2 cm³/mol. The molecule has 1 unspecified atom stereocenters. The van der Waals surface area contributed by atoms with Crippen molar-refractivity contribution in [2.75, 3.05) is 0 Å². The van der Waals surface area contributed by atoms with Crippen LogP contribution in [0.25, 0.3) is 0 Å². The lowest BCUT2D eigenvalue weighted by atomic mass is 9.98. The van der Waals surface area contributed by atoms with Crippen LogP contribution in [0.5, 0.6) is 5.75 Å². The number of aromatic hydroxyl groups is 1. The van der Waals surface area contributed by atoms with Gasteiger partial charge in [-0.2, -0.15) is 0 Å². The summed E-state index contributed by atoms with van der Waals surface area (Å²) in [7, 11) is 0. The lowest BCUT2D eigenvalue weighted by Gasteiger charge is -2.06. The van der Waals surface area contributed by atoms with Crippen LogP contribution in [0.2, 0.25) is 0 Å². The number of phenolic OH excluding ortho intramolecular Hbond substituents is 1. The largest absolute Gasteiger partial charge is 0.508 e. The van der Waals surface area contributed by atoms with Crippen LogP contribution in [0.1, 0.15) is 24.8 Å². The first-order chi connectivity index (χ1) is 5.77. The van der Waals surface area contributed by atoms with Crippen LogP contribution in [0.3, 0.4) is 0 Å². The van der Waals surface area contributed by atoms with Gasteiger partial charge in [0.1, 0.15) is 12.0 Å². The molecule has 2 nitrogen and oxygen atoms in total. The molecule has 1 aromatic carbocycles. The van der Waals surface area contributed by atoms with E-state index in [1.165, 1.54) is 0 Å². The average molecular weight is 164 g/mol. The fraction of sp³-hybridized carbons (Fsp3) is 0.300. The Morgan fingerprint density at radius 3 is 2.42 bits per heavy atom. The number of aldehydes is 1. The molecule has 0 bridgehead atoms. The van der Waals surface area contributed by atoms with E-state index in [-0.39, 0.29) is 11.7 Å². The number of hydrogen-bond donors (Lipinski definition) is 1. The number of phenols is 1. The first-order valence-corrected chi connectivity index (χ1v) is 4.02. The van der Waals surface area contributed by atoms with Crippen LogP contribution in [0.4, 0.5) is 0 Å². The molecule has 64 valence electrons. The van der Waals surface area contributed by atoms with Crippen molar-refractivity contribution in [3.63, 3.8) is 0 Å². The lowest BCUT2D eigenvalue weighted by molar-refractivity contribution is -0.109. The summed E-state index contributed by atoms with van der Waals surface area (Å²) in [6.07, 6.45) is 1.74. The Kier molecular flexibility index (Phi) is 2.86. The molecule has 12 heavy (non-hydrogen) atoms. The van der Waals surface area contributed by atoms with Crippen molar-refractivity contribution in [1.29, 1.82) is 0 Å². The Morgan fingerprint density at radius 1 is 1.42 bits per heavy atom. The van der Waals surface area contributed by atoms with Gasteiger partial charge in [0.2, 0.25) is 0 Å². The fourth-order valence-corrected chi connectivity index (χ4v) is 1.13. The molecule has 1 N–H and O–H groups in total. The Balaban J connectivity index is 2.87. The molecule has 0 radical (unpaired) electrons. The molecule has 0 saturated heterocycles. The van der Waals surface area contributed by atoms with E-state index in [1.54, 1.807) is 24.3 Å². The van der Waals surface area contributed by atoms with E-state index in [1.807, 2.05) is 6.92 Å². The number of benzene rings is 1. The van der Waals surface area contributed by atoms with Gasteiger partial charge in [0, 0.05) is 5.92 Å². The van der Waals surface area contributed by atoms with E-state index < -0.39 is 0 Å². The highest BCUT2D eigenvalue weighted by Crippen LogP contribution is 2.19. The molecule has 0 saturated carbocycles. The first kappa shape index (κ1) is 8.78. The Morgan fingerprint density at radius 2 is 2.00 bits per heavy atom. The number of hydrogen-bond acceptors (Lipinski definition) is 2. The Labute approximate surface area is 71.8 Å². The maximum atomic E-state index is 10.6. The third-order valence-corrected chi connectivity index (χ3v) is 1.93. The molecule has 1 rings (SSSR count). The minimum Gasteiger partial charge on any atom is -0.508 e. The third kappa shape index (κ3) is 1.84. The molecule has 1 aromatic rings. The topological polar surface area (TPSA) is 37.3 Å². The van der Waals surface area contributed by atoms with E-state index >= 15 is 0 Å². The molecule has 0 amide bonds. The molecular formula is C10H12O2. The summed E-state index contributed by atoms with van der Waals surface area (Å²) >= 11 is 0. The van der Waals surface area contributed by atoms with Crippen molar-refractivity contribution >= 4 is 6.29 Å². The molecule has 0 aliphatic carbocycles. The summed E-state index contributed by atoms with van der Waals surface area (Å²) in [5, 5.41) is 9.00. The highest BCUT2D eigenvalue weighted by Gasteiger charge is 2.06. The smallest absolute Gasteiger partial charge is 0.127 e. The van der Waals surface area contributed by atoms with Crippen molar-refractivity contribution in [2.24, 2.45) is 0 Å². The minimum atomic E-state index is -0.0365. The van der Waals surface area contributed by atoms with Crippen LogP contribution >= 0.6 is 0 Å². The normalized spacial score (nSPS) is 12.4. The highest BCUT2D eigenvalue weighted by molar-refractivity contribution is 5.62. The quantitative estimate of drug-likeness (QED) is 0.694. The molecule has 0 spiro atoms. The summed E-state index contributed by atoms with van der Waals surface area (Å²) in [5.41, 5.74) is 0.963. The number of carbonyl (C=O) groups excluding carboxylic acids is 1. The van der Waals surface area contributed by atoms with Crippen molar-refractivity contribution in [3.05, 3.63) is 29.8 Å². The molecule has 0 aliphatic rings. The van der Waals surface area contributed by atoms with E-state index in [2.05, 4.69) is 0 Å². The zero-order valence-corrected chi connectivity index (χ0v) is 7.03. The van der Waals surface area contributed by atoms with Gasteiger partial charge < -0.3 is 9.90 Å². The van der Waals surface area contributed by atoms with Crippen molar-refractivity contribution in [2.45, 2.75) is 19.3 Å². The second kappa shape index (κ2) is 3.90. The highest BCUT2D eigenvalue weighted by atomic mass is 16.3. The lowest BCUT2D eigenvalue weighted by Crippen LogP contribution is -1.97. The van der Waals surface area contributed by atoms with Gasteiger partial charge in [-0.05, 0) is 24.1 Å². The maximum Gasteiger partial charge on any atom is 0.127 e. The maximum absolute atomic E-state index is 10.6. The van der Waals surface area contributed by atoms with Gasteiger partial charge in [0.25, 0.3) is 0 Å². The second-order valence-corrected chi connectivity index (χ2v) is 2.74. The zero-order chi connectivity index (χ0) is 8.97. The van der Waals surface area contributed by atoms with Crippen LogP contribution in [0, 0.1) is 0 Å². The average Bonchev–Trinajstić information content (AvgIpc) is 2.10. The molecule has 2 heteroatoms. The van der Waals surface area contributed by atoms with Gasteiger partial charge in [-0.3, -0.25) is 0 Å². The number of carbonyl (C=O) groups is 1. The first-order valence-electron chi connectivity index (χ1n) is 4.02. The zero-order valence-electron chi connectivity index (χ0n) is 7.03. The van der Waals surface area contributed by atoms with E-state index in [0.717, 1.165) is 18.3 Å². The number of rotatable bonds is 3. The van der Waals surface area contributed by atoms with Crippen LogP contribution < -0.4 is 0 Å². The van der Waals surface area contributed by atoms with Crippen molar-refractivity contribution in [3.8, 4) is 5.75 Å². The van der Waals surface area contributed by atoms with Gasteiger partial charge in [0.05, 0.1) is 0 Å².